The topological polar surface area (TPSA) is 0 Å². The first kappa shape index (κ1) is 13.0. The Morgan fingerprint density at radius 3 is 2.18 bits per heavy atom. The number of benzene rings is 1. The molecular weight excluding hydrogens is 224 g/mol. The molecule has 2 rings (SSSR count). The van der Waals surface area contributed by atoms with Gasteiger partial charge in [-0.15, -0.1) is 11.8 Å². The zero-order chi connectivity index (χ0) is 12.4. The van der Waals surface area contributed by atoms with Crippen LogP contribution in [-0.4, -0.2) is 5.25 Å². The normalized spacial score (nSPS) is 38.0. The maximum atomic E-state index is 2.44. The van der Waals surface area contributed by atoms with E-state index in [1.807, 2.05) is 0 Å². The van der Waals surface area contributed by atoms with Crippen molar-refractivity contribution in [1.29, 1.82) is 0 Å². The van der Waals surface area contributed by atoms with Crippen molar-refractivity contribution in [3.63, 3.8) is 0 Å². The van der Waals surface area contributed by atoms with Crippen LogP contribution in [0.1, 0.15) is 44.9 Å². The molecule has 0 bridgehead atoms. The molecule has 0 amide bonds. The highest BCUT2D eigenvalue weighted by molar-refractivity contribution is 8.00. The van der Waals surface area contributed by atoms with Crippen molar-refractivity contribution < 1.29 is 0 Å². The van der Waals surface area contributed by atoms with Gasteiger partial charge in [-0.05, 0) is 29.7 Å². The molecule has 0 aliphatic carbocycles. The van der Waals surface area contributed by atoms with E-state index < -0.39 is 0 Å². The summed E-state index contributed by atoms with van der Waals surface area (Å²) in [6.45, 7) is 9.63. The Balaban J connectivity index is 2.23. The van der Waals surface area contributed by atoms with Crippen LogP contribution in [0.2, 0.25) is 0 Å². The molecule has 1 saturated heterocycles. The SMILES string of the molecule is CC[C@H]1S[C@@H](c2ccccc2)[C@H](C)[C@@H](C)[C@@H]1C. The van der Waals surface area contributed by atoms with Crippen molar-refractivity contribution in [2.45, 2.75) is 44.6 Å². The molecule has 1 fully saturated rings. The minimum Gasteiger partial charge on any atom is -0.150 e. The van der Waals surface area contributed by atoms with Crippen LogP contribution >= 0.6 is 11.8 Å². The van der Waals surface area contributed by atoms with Crippen molar-refractivity contribution in [3.8, 4) is 0 Å². The van der Waals surface area contributed by atoms with Crippen LogP contribution in [0.3, 0.4) is 0 Å². The van der Waals surface area contributed by atoms with Crippen LogP contribution in [0.25, 0.3) is 0 Å². The third-order valence-corrected chi connectivity index (χ3v) is 6.68. The van der Waals surface area contributed by atoms with E-state index in [2.05, 4.69) is 69.8 Å². The van der Waals surface area contributed by atoms with Crippen molar-refractivity contribution in [2.24, 2.45) is 17.8 Å². The molecule has 0 aromatic heterocycles. The average Bonchev–Trinajstić information content (AvgIpc) is 2.37. The molecule has 1 aromatic rings. The van der Waals surface area contributed by atoms with Crippen LogP contribution in [0, 0.1) is 17.8 Å². The Hall–Kier alpha value is -0.430. The summed E-state index contributed by atoms with van der Waals surface area (Å²) in [6, 6.07) is 11.1. The minimum atomic E-state index is 0.687. The van der Waals surface area contributed by atoms with Gasteiger partial charge in [0.25, 0.3) is 0 Å². The van der Waals surface area contributed by atoms with Gasteiger partial charge in [0, 0.05) is 10.5 Å². The highest BCUT2D eigenvalue weighted by Crippen LogP contribution is 2.51. The van der Waals surface area contributed by atoms with Crippen molar-refractivity contribution in [3.05, 3.63) is 35.9 Å². The van der Waals surface area contributed by atoms with Gasteiger partial charge in [0.05, 0.1) is 0 Å². The van der Waals surface area contributed by atoms with Gasteiger partial charge in [0.2, 0.25) is 0 Å². The Kier molecular flexibility index (Phi) is 4.19. The molecular formula is C16H24S. The second-order valence-corrected chi connectivity index (χ2v) is 6.88. The molecule has 0 spiro atoms. The van der Waals surface area contributed by atoms with Crippen molar-refractivity contribution >= 4 is 11.8 Å². The van der Waals surface area contributed by atoms with Crippen molar-refractivity contribution in [1.82, 2.24) is 0 Å². The van der Waals surface area contributed by atoms with E-state index in [0.717, 1.165) is 23.0 Å². The summed E-state index contributed by atoms with van der Waals surface area (Å²) in [5.74, 6) is 2.45. The molecule has 5 atom stereocenters. The summed E-state index contributed by atoms with van der Waals surface area (Å²) in [6.07, 6.45) is 1.30. The monoisotopic (exact) mass is 248 g/mol. The lowest BCUT2D eigenvalue weighted by Gasteiger charge is -2.43. The molecule has 1 aliphatic heterocycles. The third-order valence-electron chi connectivity index (χ3n) is 4.57. The molecule has 0 N–H and O–H groups in total. The number of thioether (sulfide) groups is 1. The highest BCUT2D eigenvalue weighted by atomic mass is 32.2. The summed E-state index contributed by atoms with van der Waals surface area (Å²) in [5, 5.41) is 1.51. The second-order valence-electron chi connectivity index (χ2n) is 5.49. The van der Waals surface area contributed by atoms with Gasteiger partial charge in [-0.1, -0.05) is 58.0 Å². The van der Waals surface area contributed by atoms with E-state index in [9.17, 15) is 0 Å². The fraction of sp³-hybridized carbons (Fsp3) is 0.625. The van der Waals surface area contributed by atoms with Crippen LogP contribution in [0.4, 0.5) is 0 Å². The van der Waals surface area contributed by atoms with E-state index in [1.54, 1.807) is 0 Å². The predicted octanol–water partition coefficient (Wildman–Crippen LogP) is 5.16. The van der Waals surface area contributed by atoms with E-state index in [-0.39, 0.29) is 0 Å². The predicted molar refractivity (Wildman–Crippen MR) is 78.3 cm³/mol. The average molecular weight is 248 g/mol. The highest BCUT2D eigenvalue weighted by Gasteiger charge is 2.38. The maximum Gasteiger partial charge on any atom is 0.0328 e. The van der Waals surface area contributed by atoms with Gasteiger partial charge in [-0.25, -0.2) is 0 Å². The van der Waals surface area contributed by atoms with Gasteiger partial charge in [-0.2, -0.15) is 0 Å². The minimum absolute atomic E-state index is 0.687. The molecule has 0 radical (unpaired) electrons. The van der Waals surface area contributed by atoms with Gasteiger partial charge in [0.15, 0.2) is 0 Å². The van der Waals surface area contributed by atoms with Crippen LogP contribution < -0.4 is 0 Å². The standard InChI is InChI=1S/C16H24S/c1-5-15-12(3)11(2)13(4)16(17-15)14-9-7-6-8-10-14/h6-13,15-16H,5H2,1-4H3/t11-,12-,13+,15+,16+/m0/s1. The van der Waals surface area contributed by atoms with Gasteiger partial charge in [0.1, 0.15) is 0 Å². The first-order chi connectivity index (χ1) is 8.15. The van der Waals surface area contributed by atoms with Crippen molar-refractivity contribution in [2.75, 3.05) is 0 Å². The second kappa shape index (κ2) is 5.48. The molecule has 0 nitrogen and oxygen atoms in total. The fourth-order valence-corrected chi connectivity index (χ4v) is 4.90. The maximum absolute atomic E-state index is 2.44. The van der Waals surface area contributed by atoms with E-state index in [0.29, 0.717) is 5.25 Å². The molecule has 1 heterocycles. The van der Waals surface area contributed by atoms with E-state index in [4.69, 9.17) is 0 Å². The lowest BCUT2D eigenvalue weighted by molar-refractivity contribution is 0.249. The molecule has 1 aliphatic rings. The molecule has 0 saturated carbocycles. The third kappa shape index (κ3) is 2.54. The Bertz CT molecular complexity index is 344. The largest absolute Gasteiger partial charge is 0.150 e. The molecule has 0 unspecified atom stereocenters. The van der Waals surface area contributed by atoms with E-state index >= 15 is 0 Å². The first-order valence-electron chi connectivity index (χ1n) is 6.85. The quantitative estimate of drug-likeness (QED) is 0.696. The van der Waals surface area contributed by atoms with Gasteiger partial charge < -0.3 is 0 Å². The van der Waals surface area contributed by atoms with Gasteiger partial charge >= 0.3 is 0 Å². The molecule has 1 aromatic carbocycles. The zero-order valence-corrected chi connectivity index (χ0v) is 12.2. The fourth-order valence-electron chi connectivity index (χ4n) is 3.02. The lowest BCUT2D eigenvalue weighted by Crippen LogP contribution is -2.34. The molecule has 17 heavy (non-hydrogen) atoms. The Labute approximate surface area is 110 Å². The summed E-state index contributed by atoms with van der Waals surface area (Å²) >= 11 is 2.20. The van der Waals surface area contributed by atoms with Crippen LogP contribution in [-0.2, 0) is 0 Å². The number of hydrogen-bond acceptors (Lipinski definition) is 1. The summed E-state index contributed by atoms with van der Waals surface area (Å²) in [7, 11) is 0. The van der Waals surface area contributed by atoms with Gasteiger partial charge in [-0.3, -0.25) is 0 Å². The Morgan fingerprint density at radius 2 is 1.59 bits per heavy atom. The van der Waals surface area contributed by atoms with Crippen LogP contribution in [0.5, 0.6) is 0 Å². The number of rotatable bonds is 2. The summed E-state index contributed by atoms with van der Waals surface area (Å²) in [5.41, 5.74) is 1.52. The van der Waals surface area contributed by atoms with E-state index in [1.165, 1.54) is 12.0 Å². The first-order valence-corrected chi connectivity index (χ1v) is 7.79. The zero-order valence-electron chi connectivity index (χ0n) is 11.4. The smallest absolute Gasteiger partial charge is 0.0328 e. The molecule has 1 heteroatoms. The number of hydrogen-bond donors (Lipinski definition) is 0. The molecule has 94 valence electrons. The Morgan fingerprint density at radius 1 is 0.941 bits per heavy atom. The summed E-state index contributed by atoms with van der Waals surface area (Å²) in [4.78, 5) is 0. The van der Waals surface area contributed by atoms with Crippen LogP contribution in [0.15, 0.2) is 30.3 Å². The summed E-state index contributed by atoms with van der Waals surface area (Å²) < 4.78 is 0. The lowest BCUT2D eigenvalue weighted by atomic mass is 9.78.